The normalized spacial score (nSPS) is 11.3. The molecule has 14 N–H and O–H groups in total. The van der Waals surface area contributed by atoms with Gasteiger partial charge in [-0.1, -0.05) is 178 Å². The van der Waals surface area contributed by atoms with Crippen molar-refractivity contribution in [2.24, 2.45) is 11.5 Å². The lowest BCUT2D eigenvalue weighted by molar-refractivity contribution is 0.100. The summed E-state index contributed by atoms with van der Waals surface area (Å²) in [5.74, 6) is 5.66. The van der Waals surface area contributed by atoms with E-state index >= 15 is 0 Å². The fraction of sp³-hybridized carbons (Fsp3) is 0.0556. The van der Waals surface area contributed by atoms with E-state index in [4.69, 9.17) is 47.1 Å². The molecule has 8 heterocycles. The van der Waals surface area contributed by atoms with Crippen LogP contribution in [0.3, 0.4) is 0 Å². The molecule has 24 nitrogen and oxygen atoms in total. The number of carbonyl (C=O) groups is 1. The van der Waals surface area contributed by atoms with Gasteiger partial charge in [-0.05, 0) is 138 Å². The Hall–Kier alpha value is -15.8. The summed E-state index contributed by atoms with van der Waals surface area (Å²) >= 11 is 0. The van der Waals surface area contributed by atoms with E-state index in [0.717, 1.165) is 99.4 Å². The van der Waals surface area contributed by atoms with Crippen LogP contribution in [0, 0.1) is 11.6 Å². The number of nitrogens with one attached hydrogen (secondary N) is 8. The number of rotatable bonds is 14. The molecule has 0 bridgehead atoms. The standard InChI is InChI=1S/C25H22FN5.C22H15FN6O.C22H18N6.C21H16N6/c1-25(2,3)17-11-6-4-9-15(17)22-27-19-13-7-5-10-16(19)23(28-22)29-24-21-18(26)12-8-14-20(21)30-31-24;23-12-9-10-18-16(11-12)22(29-28-18)27-21-15-7-3-4-8-17(15)25-20(26-21)14-6-2-1-5-13(14)19(24)30;23-13-14-7-1-2-8-15(14)20-24-18-11-5-3-9-16(18)21(25-20)26-22-17-10-4-6-12-19(17)27-28-22;22-16-10-4-1-7-13(16)19-23-17-11-5-2-8-14(17)20(24-19)25-21-15-9-3-6-12-18(15)26-27-21/h4-14H,1-3H3,(H2,27,28,29,30,31);1-11H,(H2,24,30)(H2,25,26,27,28,29);1-12H,13,23H2,(H2,24,25,26,27,28);1-12H,22H2,(H2,23,24,25,26,27). The maximum absolute atomic E-state index is 14.5. The summed E-state index contributed by atoms with van der Waals surface area (Å²) in [6.07, 6.45) is 0. The number of primary amides is 1. The highest BCUT2D eigenvalue weighted by Gasteiger charge is 2.24. The van der Waals surface area contributed by atoms with E-state index in [2.05, 4.69) is 98.9 Å². The van der Waals surface area contributed by atoms with Crippen LogP contribution in [0.2, 0.25) is 0 Å². The van der Waals surface area contributed by atoms with E-state index in [9.17, 15) is 13.6 Å². The third-order valence-electron chi connectivity index (χ3n) is 19.5. The molecule has 0 saturated carbocycles. The van der Waals surface area contributed by atoms with Crippen molar-refractivity contribution in [3.8, 4) is 45.6 Å². The van der Waals surface area contributed by atoms with Crippen LogP contribution in [-0.2, 0) is 12.0 Å². The largest absolute Gasteiger partial charge is 0.398 e. The van der Waals surface area contributed by atoms with Crippen LogP contribution in [-0.4, -0.2) is 86.6 Å². The number of nitrogens with two attached hydrogens (primary N) is 3. The number of para-hydroxylation sites is 7. The number of aromatic amines is 4. The first-order valence-electron chi connectivity index (χ1n) is 37.0. The first-order valence-corrected chi connectivity index (χ1v) is 37.0. The van der Waals surface area contributed by atoms with E-state index in [1.165, 1.54) is 18.2 Å². The lowest BCUT2D eigenvalue weighted by atomic mass is 9.83. The highest BCUT2D eigenvalue weighted by Crippen LogP contribution is 2.39. The average Bonchev–Trinajstić information content (AvgIpc) is 1.53. The fourth-order valence-electron chi connectivity index (χ4n) is 13.8. The number of benzene rings is 12. The van der Waals surface area contributed by atoms with Crippen LogP contribution in [0.4, 0.5) is 61.0 Å². The molecule has 0 unspecified atom stereocenters. The molecule has 566 valence electrons. The van der Waals surface area contributed by atoms with Crippen LogP contribution in [0.5, 0.6) is 0 Å². The molecule has 20 aromatic rings. The molecule has 0 radical (unpaired) electrons. The number of aromatic nitrogens is 16. The van der Waals surface area contributed by atoms with Gasteiger partial charge in [-0.25, -0.2) is 48.7 Å². The van der Waals surface area contributed by atoms with Gasteiger partial charge in [-0.15, -0.1) is 0 Å². The van der Waals surface area contributed by atoms with Crippen molar-refractivity contribution in [1.29, 1.82) is 0 Å². The Morgan fingerprint density at radius 2 is 0.724 bits per heavy atom. The number of nitrogens with zero attached hydrogens (tertiary/aromatic N) is 12. The minimum Gasteiger partial charge on any atom is -0.398 e. The first-order chi connectivity index (χ1) is 56.6. The van der Waals surface area contributed by atoms with Crippen LogP contribution in [0.1, 0.15) is 42.3 Å². The zero-order valence-electron chi connectivity index (χ0n) is 62.5. The third kappa shape index (κ3) is 14.9. The van der Waals surface area contributed by atoms with Gasteiger partial charge in [0.15, 0.2) is 46.6 Å². The molecule has 0 saturated heterocycles. The lowest BCUT2D eigenvalue weighted by Gasteiger charge is -2.22. The monoisotopic (exact) mass is 1530 g/mol. The second-order valence-corrected chi connectivity index (χ2v) is 28.0. The molecule has 0 aliphatic carbocycles. The van der Waals surface area contributed by atoms with Crippen LogP contribution >= 0.6 is 0 Å². The van der Waals surface area contributed by atoms with E-state index in [1.807, 2.05) is 212 Å². The fourth-order valence-corrected chi connectivity index (χ4v) is 13.8. The van der Waals surface area contributed by atoms with Crippen molar-refractivity contribution in [2.45, 2.75) is 32.7 Å². The van der Waals surface area contributed by atoms with Crippen molar-refractivity contribution in [3.63, 3.8) is 0 Å². The number of carbonyl (C=O) groups excluding carboxylic acids is 1. The minimum atomic E-state index is -0.564. The maximum Gasteiger partial charge on any atom is 0.249 e. The summed E-state index contributed by atoms with van der Waals surface area (Å²) in [7, 11) is 0. The number of hydrogen-bond donors (Lipinski definition) is 11. The van der Waals surface area contributed by atoms with Crippen molar-refractivity contribution in [1.82, 2.24) is 80.7 Å². The molecule has 20 rings (SSSR count). The van der Waals surface area contributed by atoms with Crippen molar-refractivity contribution < 1.29 is 13.6 Å². The quantitative estimate of drug-likeness (QED) is 0.0451. The summed E-state index contributed by atoms with van der Waals surface area (Å²) in [5.41, 5.74) is 30.3. The van der Waals surface area contributed by atoms with Gasteiger partial charge in [0, 0.05) is 72.2 Å². The molecule has 12 aromatic carbocycles. The van der Waals surface area contributed by atoms with Gasteiger partial charge in [-0.2, -0.15) is 20.4 Å². The number of hydrogen-bond acceptors (Lipinski definition) is 19. The topological polar surface area (TPSA) is 361 Å². The number of H-pyrrole nitrogens is 4. The van der Waals surface area contributed by atoms with Crippen LogP contribution < -0.4 is 38.5 Å². The molecular weight excluding hydrogens is 1460 g/mol. The molecule has 0 fully saturated rings. The smallest absolute Gasteiger partial charge is 0.249 e. The number of nitrogen functional groups attached to an aromatic ring is 1. The summed E-state index contributed by atoms with van der Waals surface area (Å²) in [4.78, 5) is 49.9. The third-order valence-corrected chi connectivity index (χ3v) is 19.5. The molecule has 0 atom stereocenters. The molecule has 116 heavy (non-hydrogen) atoms. The Morgan fingerprint density at radius 3 is 1.23 bits per heavy atom. The predicted octanol–water partition coefficient (Wildman–Crippen LogP) is 19.4. The second-order valence-electron chi connectivity index (χ2n) is 28.0. The zero-order chi connectivity index (χ0) is 79.4. The number of halogens is 2. The van der Waals surface area contributed by atoms with Gasteiger partial charge in [0.2, 0.25) is 5.91 Å². The van der Waals surface area contributed by atoms with E-state index < -0.39 is 5.91 Å². The van der Waals surface area contributed by atoms with E-state index in [-0.39, 0.29) is 17.0 Å². The number of anilines is 9. The van der Waals surface area contributed by atoms with Gasteiger partial charge in [-0.3, -0.25) is 25.2 Å². The Balaban J connectivity index is 0.000000111. The van der Waals surface area contributed by atoms with Gasteiger partial charge in [0.05, 0.1) is 55.1 Å². The molecule has 26 heteroatoms. The van der Waals surface area contributed by atoms with Gasteiger partial charge >= 0.3 is 0 Å². The second kappa shape index (κ2) is 31.5. The lowest BCUT2D eigenvalue weighted by Crippen LogP contribution is -2.13. The van der Waals surface area contributed by atoms with Crippen molar-refractivity contribution in [3.05, 3.63) is 307 Å². The molecule has 0 aliphatic rings. The molecule has 8 aromatic heterocycles. The Bertz CT molecular complexity index is 7090. The first kappa shape index (κ1) is 73.0. The van der Waals surface area contributed by atoms with E-state index in [0.29, 0.717) is 109 Å². The SMILES string of the molecule is CC(C)(C)c1ccccc1-c1nc(Nc2n[nH]c3cccc(F)c23)c2ccccc2n1.NC(=O)c1ccccc1-c1nc(Nc2n[nH]c3ccc(F)cc23)c2ccccc2n1.NCc1ccccc1-c1nc(Nc2n[nH]c3ccccc23)c2ccccc2n1.Nc1ccccc1-c1nc(Nc2n[nH]c3ccccc23)c2ccccc2n1. The average molecular weight is 1530 g/mol. The molecule has 1 amide bonds. The Kier molecular flexibility index (Phi) is 19.8. The Morgan fingerprint density at radius 1 is 0.353 bits per heavy atom. The van der Waals surface area contributed by atoms with Gasteiger partial charge < -0.3 is 38.5 Å². The molecular formula is C90H71F2N23O. The van der Waals surface area contributed by atoms with E-state index in [1.54, 1.807) is 42.5 Å². The van der Waals surface area contributed by atoms with Crippen LogP contribution in [0.25, 0.3) is 133 Å². The predicted molar refractivity (Wildman–Crippen MR) is 457 cm³/mol. The van der Waals surface area contributed by atoms with Gasteiger partial charge in [0.1, 0.15) is 34.9 Å². The highest BCUT2D eigenvalue weighted by molar-refractivity contribution is 6.03. The molecule has 0 aliphatic heterocycles. The van der Waals surface area contributed by atoms with Crippen molar-refractivity contribution >= 4 is 145 Å². The maximum atomic E-state index is 14.5. The van der Waals surface area contributed by atoms with Crippen LogP contribution in [0.15, 0.2) is 279 Å². The zero-order valence-corrected chi connectivity index (χ0v) is 62.5. The number of fused-ring (bicyclic) bond motifs is 8. The number of amides is 1. The van der Waals surface area contributed by atoms with Gasteiger partial charge in [0.25, 0.3) is 0 Å². The summed E-state index contributed by atoms with van der Waals surface area (Å²) in [5, 5.41) is 48.8. The summed E-state index contributed by atoms with van der Waals surface area (Å²) in [6.45, 7) is 6.94. The molecule has 0 spiro atoms. The highest BCUT2D eigenvalue weighted by atomic mass is 19.1. The Labute approximate surface area is 660 Å². The summed E-state index contributed by atoms with van der Waals surface area (Å²) < 4.78 is 28.2. The summed E-state index contributed by atoms with van der Waals surface area (Å²) in [6, 6.07) is 86.9. The minimum absolute atomic E-state index is 0.0687. The van der Waals surface area contributed by atoms with Crippen molar-refractivity contribution in [2.75, 3.05) is 27.0 Å².